The van der Waals surface area contributed by atoms with E-state index in [1.54, 1.807) is 19.1 Å². The van der Waals surface area contributed by atoms with E-state index in [-0.39, 0.29) is 18.0 Å². The zero-order chi connectivity index (χ0) is 22.9. The van der Waals surface area contributed by atoms with Crippen molar-refractivity contribution in [3.8, 4) is 11.5 Å². The van der Waals surface area contributed by atoms with Crippen molar-refractivity contribution >= 4 is 17.6 Å². The number of benzene rings is 2. The van der Waals surface area contributed by atoms with Crippen LogP contribution in [0.5, 0.6) is 11.5 Å². The van der Waals surface area contributed by atoms with Crippen LogP contribution in [0, 0.1) is 11.7 Å². The first kappa shape index (κ1) is 23.4. The van der Waals surface area contributed by atoms with Crippen LogP contribution in [0.1, 0.15) is 69.2 Å². The highest BCUT2D eigenvalue weighted by Crippen LogP contribution is 2.40. The number of hydrogen-bond acceptors (Lipinski definition) is 3. The summed E-state index contributed by atoms with van der Waals surface area (Å²) in [5, 5.41) is 10.0. The van der Waals surface area contributed by atoms with Crippen molar-refractivity contribution in [2.24, 2.45) is 5.92 Å². The molecule has 6 heteroatoms. The molecule has 1 unspecified atom stereocenters. The Hall–Kier alpha value is -2.27. The van der Waals surface area contributed by atoms with Gasteiger partial charge in [0.25, 0.3) is 0 Å². The van der Waals surface area contributed by atoms with Crippen LogP contribution in [0.3, 0.4) is 0 Å². The van der Waals surface area contributed by atoms with Gasteiger partial charge in [-0.1, -0.05) is 31.5 Å². The molecule has 0 aliphatic carbocycles. The lowest BCUT2D eigenvalue weighted by molar-refractivity contribution is -0.138. The smallest absolute Gasteiger partial charge is 0.310 e. The highest BCUT2D eigenvalue weighted by Gasteiger charge is 2.32. The van der Waals surface area contributed by atoms with Crippen molar-refractivity contribution in [1.29, 1.82) is 0 Å². The average Bonchev–Trinajstić information content (AvgIpc) is 2.98. The fourth-order valence-corrected chi connectivity index (χ4v) is 4.22. The molecule has 0 amide bonds. The van der Waals surface area contributed by atoms with Crippen LogP contribution in [0.15, 0.2) is 24.3 Å². The Labute approximate surface area is 188 Å². The molecule has 0 radical (unpaired) electrons. The Morgan fingerprint density at radius 1 is 1.29 bits per heavy atom. The van der Waals surface area contributed by atoms with Gasteiger partial charge >= 0.3 is 5.97 Å². The molecule has 0 saturated carbocycles. The molecule has 1 heterocycles. The van der Waals surface area contributed by atoms with E-state index >= 15 is 4.39 Å². The van der Waals surface area contributed by atoms with Crippen molar-refractivity contribution in [3.05, 3.63) is 57.4 Å². The molecule has 1 aliphatic rings. The summed E-state index contributed by atoms with van der Waals surface area (Å²) in [6.45, 7) is 9.81. The molecule has 2 aromatic carbocycles. The van der Waals surface area contributed by atoms with Gasteiger partial charge < -0.3 is 14.6 Å². The Bertz CT molecular complexity index is 984. The van der Waals surface area contributed by atoms with Crippen molar-refractivity contribution in [2.45, 2.75) is 72.0 Å². The van der Waals surface area contributed by atoms with E-state index < -0.39 is 17.7 Å². The summed E-state index contributed by atoms with van der Waals surface area (Å²) in [6, 6.07) is 6.84. The monoisotopic (exact) mass is 448 g/mol. The van der Waals surface area contributed by atoms with E-state index in [9.17, 15) is 9.90 Å². The van der Waals surface area contributed by atoms with Gasteiger partial charge in [0.2, 0.25) is 0 Å². The number of hydrogen-bond donors (Lipinski definition) is 1. The lowest BCUT2D eigenvalue weighted by atomic mass is 9.91. The molecular weight excluding hydrogens is 419 g/mol. The second kappa shape index (κ2) is 9.07. The maximum absolute atomic E-state index is 15.4. The third kappa shape index (κ3) is 5.32. The Kier molecular flexibility index (Phi) is 6.85. The summed E-state index contributed by atoms with van der Waals surface area (Å²) >= 11 is 6.28. The topological polar surface area (TPSA) is 55.8 Å². The van der Waals surface area contributed by atoms with Crippen molar-refractivity contribution in [3.63, 3.8) is 0 Å². The van der Waals surface area contributed by atoms with Crippen LogP contribution in [0.2, 0.25) is 5.02 Å². The predicted molar refractivity (Wildman–Crippen MR) is 120 cm³/mol. The minimum atomic E-state index is -0.979. The summed E-state index contributed by atoms with van der Waals surface area (Å²) in [5.74, 6) is -1.06. The molecule has 1 atom stereocenters. The quantitative estimate of drug-likeness (QED) is 0.497. The number of ether oxygens (including phenoxy) is 2. The molecule has 1 N–H and O–H groups in total. The molecule has 4 nitrogen and oxygen atoms in total. The van der Waals surface area contributed by atoms with Gasteiger partial charge in [-0.15, -0.1) is 0 Å². The van der Waals surface area contributed by atoms with Crippen molar-refractivity contribution in [1.82, 2.24) is 0 Å². The van der Waals surface area contributed by atoms with Crippen LogP contribution in [0.4, 0.5) is 4.39 Å². The van der Waals surface area contributed by atoms with Gasteiger partial charge in [-0.05, 0) is 74.4 Å². The molecule has 0 aromatic heterocycles. The number of aliphatic carboxylic acids is 1. The largest absolute Gasteiger partial charge is 0.487 e. The SMILES string of the molecule is CC(C)CCc1c(C(C)C(=O)O)ccc(OCc2cc(Cl)cc3c2OC(C)(C)C3)c1F. The van der Waals surface area contributed by atoms with E-state index in [1.165, 1.54) is 6.07 Å². The van der Waals surface area contributed by atoms with E-state index in [0.717, 1.165) is 29.7 Å². The Balaban J connectivity index is 1.89. The molecule has 31 heavy (non-hydrogen) atoms. The standard InChI is InChI=1S/C25H30ClFO4/c1-14(2)6-7-20-19(15(3)24(28)29)8-9-21(22(20)27)30-13-17-11-18(26)10-16-12-25(4,5)31-23(16)17/h8-11,14-15H,6-7,12-13H2,1-5H3,(H,28,29). The molecular formula is C25H30ClFO4. The van der Waals surface area contributed by atoms with Gasteiger partial charge in [-0.3, -0.25) is 4.79 Å². The lowest BCUT2D eigenvalue weighted by Crippen LogP contribution is -2.25. The molecule has 2 aromatic rings. The highest BCUT2D eigenvalue weighted by molar-refractivity contribution is 6.30. The first-order valence-corrected chi connectivity index (χ1v) is 11.0. The summed E-state index contributed by atoms with van der Waals surface area (Å²) in [5.41, 5.74) is 2.35. The van der Waals surface area contributed by atoms with Crippen molar-refractivity contribution < 1.29 is 23.8 Å². The van der Waals surface area contributed by atoms with Crippen LogP contribution >= 0.6 is 11.6 Å². The third-order valence-electron chi connectivity index (χ3n) is 5.64. The summed E-state index contributed by atoms with van der Waals surface area (Å²) in [6.07, 6.45) is 1.95. The Morgan fingerprint density at radius 2 is 2.00 bits per heavy atom. The third-order valence-corrected chi connectivity index (χ3v) is 5.86. The summed E-state index contributed by atoms with van der Waals surface area (Å²) < 4.78 is 27.3. The maximum Gasteiger partial charge on any atom is 0.310 e. The molecule has 0 spiro atoms. The molecule has 1 aliphatic heterocycles. The lowest BCUT2D eigenvalue weighted by Gasteiger charge is -2.19. The van der Waals surface area contributed by atoms with E-state index in [2.05, 4.69) is 13.8 Å². The molecule has 3 rings (SSSR count). The van der Waals surface area contributed by atoms with Crippen LogP contribution in [-0.2, 0) is 24.2 Å². The van der Waals surface area contributed by atoms with E-state index in [1.807, 2.05) is 19.9 Å². The second-order valence-corrected chi connectivity index (χ2v) is 9.75. The zero-order valence-electron chi connectivity index (χ0n) is 18.7. The van der Waals surface area contributed by atoms with E-state index in [4.69, 9.17) is 21.1 Å². The van der Waals surface area contributed by atoms with Gasteiger partial charge in [0.05, 0.1) is 5.92 Å². The molecule has 0 saturated heterocycles. The average molecular weight is 449 g/mol. The molecule has 168 valence electrons. The highest BCUT2D eigenvalue weighted by atomic mass is 35.5. The number of carboxylic acids is 1. The minimum Gasteiger partial charge on any atom is -0.487 e. The minimum absolute atomic E-state index is 0.103. The van der Waals surface area contributed by atoms with Crippen LogP contribution in [0.25, 0.3) is 0 Å². The first-order valence-electron chi connectivity index (χ1n) is 10.7. The maximum atomic E-state index is 15.4. The van der Waals surface area contributed by atoms with E-state index in [0.29, 0.717) is 28.5 Å². The Morgan fingerprint density at radius 3 is 2.65 bits per heavy atom. The van der Waals surface area contributed by atoms with Gasteiger partial charge in [0.15, 0.2) is 11.6 Å². The first-order chi connectivity index (χ1) is 14.5. The van der Waals surface area contributed by atoms with Crippen molar-refractivity contribution in [2.75, 3.05) is 0 Å². The number of fused-ring (bicyclic) bond motifs is 1. The summed E-state index contributed by atoms with van der Waals surface area (Å²) in [7, 11) is 0. The second-order valence-electron chi connectivity index (χ2n) is 9.32. The summed E-state index contributed by atoms with van der Waals surface area (Å²) in [4.78, 5) is 11.5. The molecule has 0 fully saturated rings. The van der Waals surface area contributed by atoms with Crippen LogP contribution < -0.4 is 9.47 Å². The predicted octanol–water partition coefficient (Wildman–Crippen LogP) is 6.55. The van der Waals surface area contributed by atoms with Gasteiger partial charge in [-0.25, -0.2) is 4.39 Å². The van der Waals surface area contributed by atoms with Crippen LogP contribution in [-0.4, -0.2) is 16.7 Å². The zero-order valence-corrected chi connectivity index (χ0v) is 19.5. The van der Waals surface area contributed by atoms with Gasteiger partial charge in [-0.2, -0.15) is 0 Å². The molecule has 0 bridgehead atoms. The fourth-order valence-electron chi connectivity index (χ4n) is 3.96. The number of carboxylic acid groups (broad SMARTS) is 1. The van der Waals surface area contributed by atoms with Gasteiger partial charge in [0, 0.05) is 17.0 Å². The fraction of sp³-hybridized carbons (Fsp3) is 0.480. The number of halogens is 2. The van der Waals surface area contributed by atoms with Gasteiger partial charge in [0.1, 0.15) is 18.0 Å². The number of rotatable bonds is 8. The number of carbonyl (C=O) groups is 1. The normalized spacial score (nSPS) is 15.5.